The van der Waals surface area contributed by atoms with Crippen molar-refractivity contribution in [3.8, 4) is 0 Å². The quantitative estimate of drug-likeness (QED) is 0.737. The molecule has 1 saturated heterocycles. The fourth-order valence-electron chi connectivity index (χ4n) is 6.23. The maximum Gasteiger partial charge on any atom is 0.310 e. The van der Waals surface area contributed by atoms with E-state index in [9.17, 15) is 9.59 Å². The highest BCUT2D eigenvalue weighted by Gasteiger charge is 2.55. The van der Waals surface area contributed by atoms with Gasteiger partial charge in [-0.25, -0.2) is 0 Å². The number of rotatable bonds is 2. The fourth-order valence-corrected chi connectivity index (χ4v) is 6.23. The molecule has 0 aromatic rings. The van der Waals surface area contributed by atoms with Crippen molar-refractivity contribution in [3.05, 3.63) is 0 Å². The van der Waals surface area contributed by atoms with Crippen LogP contribution in [-0.4, -0.2) is 37.0 Å². The molecule has 22 heavy (non-hydrogen) atoms. The van der Waals surface area contributed by atoms with Crippen LogP contribution < -0.4 is 0 Å². The van der Waals surface area contributed by atoms with E-state index in [2.05, 4.69) is 0 Å². The Hall–Kier alpha value is -1.06. The first-order valence-electron chi connectivity index (χ1n) is 8.97. The number of piperidine rings is 1. The SMILES string of the molecule is COC(=O)C1CCCN(C(=O)C23CC4CC(CC(C4)C2)C3)C1. The van der Waals surface area contributed by atoms with E-state index in [4.69, 9.17) is 4.74 Å². The van der Waals surface area contributed by atoms with E-state index >= 15 is 0 Å². The summed E-state index contributed by atoms with van der Waals surface area (Å²) in [5.74, 6) is 2.46. The Balaban J connectivity index is 1.50. The second-order valence-electron chi connectivity index (χ2n) is 8.31. The molecule has 0 aromatic carbocycles. The average molecular weight is 305 g/mol. The number of carbonyl (C=O) groups excluding carboxylic acids is 2. The number of amides is 1. The van der Waals surface area contributed by atoms with Crippen molar-refractivity contribution < 1.29 is 14.3 Å². The third-order valence-corrected chi connectivity index (χ3v) is 6.74. The van der Waals surface area contributed by atoms with Crippen molar-refractivity contribution in [2.45, 2.75) is 51.4 Å². The third-order valence-electron chi connectivity index (χ3n) is 6.74. The van der Waals surface area contributed by atoms with E-state index in [1.165, 1.54) is 26.4 Å². The number of hydrogen-bond acceptors (Lipinski definition) is 3. The van der Waals surface area contributed by atoms with Gasteiger partial charge < -0.3 is 9.64 Å². The van der Waals surface area contributed by atoms with E-state index in [-0.39, 0.29) is 17.3 Å². The van der Waals surface area contributed by atoms with Gasteiger partial charge in [0.15, 0.2) is 0 Å². The van der Waals surface area contributed by atoms with Gasteiger partial charge in [0.2, 0.25) is 5.91 Å². The zero-order valence-electron chi connectivity index (χ0n) is 13.6. The molecule has 1 aliphatic heterocycles. The number of hydrogen-bond donors (Lipinski definition) is 0. The Labute approximate surface area is 132 Å². The van der Waals surface area contributed by atoms with Crippen molar-refractivity contribution in [3.63, 3.8) is 0 Å². The summed E-state index contributed by atoms with van der Waals surface area (Å²) in [6.07, 6.45) is 9.19. The molecule has 0 aromatic heterocycles. The van der Waals surface area contributed by atoms with Crippen LogP contribution in [0.25, 0.3) is 0 Å². The number of esters is 1. The van der Waals surface area contributed by atoms with Gasteiger partial charge in [0.1, 0.15) is 0 Å². The molecule has 1 atom stereocenters. The van der Waals surface area contributed by atoms with Crippen molar-refractivity contribution in [1.82, 2.24) is 4.90 Å². The van der Waals surface area contributed by atoms with E-state index in [0.29, 0.717) is 12.5 Å². The largest absolute Gasteiger partial charge is 0.469 e. The highest BCUT2D eigenvalue weighted by Crippen LogP contribution is 2.60. The van der Waals surface area contributed by atoms with Gasteiger partial charge in [-0.2, -0.15) is 0 Å². The minimum absolute atomic E-state index is 0.0766. The van der Waals surface area contributed by atoms with Crippen LogP contribution in [0.2, 0.25) is 0 Å². The zero-order chi connectivity index (χ0) is 15.3. The second-order valence-corrected chi connectivity index (χ2v) is 8.31. The maximum absolute atomic E-state index is 13.3. The Morgan fingerprint density at radius 1 is 1.05 bits per heavy atom. The summed E-state index contributed by atoms with van der Waals surface area (Å²) in [6, 6.07) is 0. The molecule has 1 heterocycles. The molecule has 4 bridgehead atoms. The van der Waals surface area contributed by atoms with Crippen LogP contribution in [0.4, 0.5) is 0 Å². The molecule has 0 spiro atoms. The molecule has 4 saturated carbocycles. The lowest BCUT2D eigenvalue weighted by Gasteiger charge is -2.57. The molecule has 1 unspecified atom stereocenters. The molecule has 5 aliphatic rings. The summed E-state index contributed by atoms with van der Waals surface area (Å²) in [5, 5.41) is 0. The van der Waals surface area contributed by atoms with Gasteiger partial charge in [-0.1, -0.05) is 0 Å². The van der Waals surface area contributed by atoms with Gasteiger partial charge in [0.25, 0.3) is 0 Å². The summed E-state index contributed by atoms with van der Waals surface area (Å²) in [6.45, 7) is 1.40. The summed E-state index contributed by atoms with van der Waals surface area (Å²) in [5.41, 5.74) is -0.0766. The lowest BCUT2D eigenvalue weighted by Crippen LogP contribution is -2.56. The minimum atomic E-state index is -0.150. The van der Waals surface area contributed by atoms with Crippen LogP contribution in [0.1, 0.15) is 51.4 Å². The van der Waals surface area contributed by atoms with Crippen molar-refractivity contribution in [2.24, 2.45) is 29.1 Å². The van der Waals surface area contributed by atoms with Crippen LogP contribution in [0, 0.1) is 29.1 Å². The molecule has 4 aliphatic carbocycles. The Bertz CT molecular complexity index is 451. The summed E-state index contributed by atoms with van der Waals surface area (Å²) in [7, 11) is 1.45. The van der Waals surface area contributed by atoms with E-state index in [0.717, 1.165) is 56.4 Å². The number of methoxy groups -OCH3 is 1. The highest BCUT2D eigenvalue weighted by atomic mass is 16.5. The minimum Gasteiger partial charge on any atom is -0.469 e. The Kier molecular flexibility index (Phi) is 3.46. The molecule has 5 fully saturated rings. The van der Waals surface area contributed by atoms with Crippen LogP contribution in [0.5, 0.6) is 0 Å². The first-order chi connectivity index (χ1) is 10.6. The number of ether oxygens (including phenoxy) is 1. The lowest BCUT2D eigenvalue weighted by molar-refractivity contribution is -0.162. The van der Waals surface area contributed by atoms with E-state index in [1.807, 2.05) is 4.90 Å². The van der Waals surface area contributed by atoms with Gasteiger partial charge in [-0.3, -0.25) is 9.59 Å². The Morgan fingerprint density at radius 3 is 2.18 bits per heavy atom. The van der Waals surface area contributed by atoms with E-state index < -0.39 is 0 Å². The number of carbonyl (C=O) groups is 2. The van der Waals surface area contributed by atoms with E-state index in [1.54, 1.807) is 0 Å². The predicted molar refractivity (Wildman–Crippen MR) is 81.9 cm³/mol. The zero-order valence-corrected chi connectivity index (χ0v) is 13.6. The topological polar surface area (TPSA) is 46.6 Å². The molecule has 0 radical (unpaired) electrons. The monoisotopic (exact) mass is 305 g/mol. The number of nitrogens with zero attached hydrogens (tertiary/aromatic N) is 1. The normalized spacial score (nSPS) is 43.2. The van der Waals surface area contributed by atoms with Crippen LogP contribution >= 0.6 is 0 Å². The molecular weight excluding hydrogens is 278 g/mol. The van der Waals surface area contributed by atoms with Crippen LogP contribution in [0.15, 0.2) is 0 Å². The first kappa shape index (κ1) is 14.5. The highest BCUT2D eigenvalue weighted by molar-refractivity contribution is 5.84. The van der Waals surface area contributed by atoms with Crippen molar-refractivity contribution >= 4 is 11.9 Å². The molecule has 4 heteroatoms. The van der Waals surface area contributed by atoms with Crippen molar-refractivity contribution in [1.29, 1.82) is 0 Å². The maximum atomic E-state index is 13.3. The summed E-state index contributed by atoms with van der Waals surface area (Å²) in [4.78, 5) is 27.1. The average Bonchev–Trinajstić information content (AvgIpc) is 2.52. The third kappa shape index (κ3) is 2.26. The fraction of sp³-hybridized carbons (Fsp3) is 0.889. The van der Waals surface area contributed by atoms with Gasteiger partial charge in [-0.15, -0.1) is 0 Å². The summed E-state index contributed by atoms with van der Waals surface area (Å²) < 4.78 is 4.89. The standard InChI is InChI=1S/C18H27NO3/c1-22-16(20)15-3-2-4-19(11-15)17(21)18-8-12-5-13(9-18)7-14(6-12)10-18/h12-15H,2-11H2,1H3. The second kappa shape index (κ2) is 5.24. The molecule has 0 N–H and O–H groups in total. The first-order valence-corrected chi connectivity index (χ1v) is 8.97. The van der Waals surface area contributed by atoms with Gasteiger partial charge in [0.05, 0.1) is 18.4 Å². The number of likely N-dealkylation sites (tertiary alicyclic amines) is 1. The van der Waals surface area contributed by atoms with Gasteiger partial charge in [-0.05, 0) is 69.1 Å². The lowest BCUT2D eigenvalue weighted by atomic mass is 9.49. The van der Waals surface area contributed by atoms with Gasteiger partial charge >= 0.3 is 5.97 Å². The van der Waals surface area contributed by atoms with Crippen molar-refractivity contribution in [2.75, 3.05) is 20.2 Å². The molecule has 4 nitrogen and oxygen atoms in total. The molecule has 1 amide bonds. The van der Waals surface area contributed by atoms with Crippen LogP contribution in [0.3, 0.4) is 0 Å². The van der Waals surface area contributed by atoms with Gasteiger partial charge in [0, 0.05) is 13.1 Å². The smallest absolute Gasteiger partial charge is 0.310 e. The molecule has 122 valence electrons. The molecule has 5 rings (SSSR count). The predicted octanol–water partition coefficient (Wildman–Crippen LogP) is 2.61. The Morgan fingerprint density at radius 2 is 1.64 bits per heavy atom. The summed E-state index contributed by atoms with van der Waals surface area (Å²) >= 11 is 0. The molecular formula is C18H27NO3. The van der Waals surface area contributed by atoms with Crippen LogP contribution in [-0.2, 0) is 14.3 Å².